The SMILES string of the molecule is COc1cccc(C(CC2CCSCC2)NN)c1F. The number of hydrogen-bond donors (Lipinski definition) is 2. The minimum Gasteiger partial charge on any atom is -0.494 e. The summed E-state index contributed by atoms with van der Waals surface area (Å²) >= 11 is 1.99. The van der Waals surface area contributed by atoms with Crippen LogP contribution in [0, 0.1) is 11.7 Å². The van der Waals surface area contributed by atoms with Crippen LogP contribution in [-0.2, 0) is 0 Å². The Kier molecular flexibility index (Phi) is 5.48. The molecule has 1 unspecified atom stereocenters. The Morgan fingerprint density at radius 1 is 1.47 bits per heavy atom. The van der Waals surface area contributed by atoms with Crippen LogP contribution in [0.3, 0.4) is 0 Å². The Hall–Kier alpha value is -0.780. The van der Waals surface area contributed by atoms with Gasteiger partial charge in [0.2, 0.25) is 0 Å². The molecule has 0 aromatic heterocycles. The first-order valence-corrected chi connectivity index (χ1v) is 7.78. The van der Waals surface area contributed by atoms with E-state index in [1.165, 1.54) is 31.5 Å². The van der Waals surface area contributed by atoms with Crippen molar-refractivity contribution >= 4 is 11.8 Å². The van der Waals surface area contributed by atoms with Gasteiger partial charge >= 0.3 is 0 Å². The smallest absolute Gasteiger partial charge is 0.169 e. The van der Waals surface area contributed by atoms with Gasteiger partial charge in [-0.05, 0) is 42.8 Å². The van der Waals surface area contributed by atoms with Crippen molar-refractivity contribution in [3.63, 3.8) is 0 Å². The molecule has 3 nitrogen and oxygen atoms in total. The van der Waals surface area contributed by atoms with Gasteiger partial charge in [0.15, 0.2) is 11.6 Å². The van der Waals surface area contributed by atoms with Gasteiger partial charge in [0, 0.05) is 11.6 Å². The predicted octanol–water partition coefficient (Wildman–Crippen LogP) is 2.87. The molecule has 0 radical (unpaired) electrons. The lowest BCUT2D eigenvalue weighted by Gasteiger charge is -2.26. The van der Waals surface area contributed by atoms with Gasteiger partial charge in [0.05, 0.1) is 7.11 Å². The van der Waals surface area contributed by atoms with Gasteiger partial charge in [-0.3, -0.25) is 11.3 Å². The first-order chi connectivity index (χ1) is 9.26. The van der Waals surface area contributed by atoms with Crippen LogP contribution in [0.25, 0.3) is 0 Å². The minimum atomic E-state index is -0.307. The third-order valence-corrected chi connectivity index (χ3v) is 4.75. The number of hydrazine groups is 1. The van der Waals surface area contributed by atoms with E-state index in [4.69, 9.17) is 10.6 Å². The zero-order valence-electron chi connectivity index (χ0n) is 11.2. The van der Waals surface area contributed by atoms with Gasteiger partial charge < -0.3 is 4.74 Å². The fraction of sp³-hybridized carbons (Fsp3) is 0.571. The summed E-state index contributed by atoms with van der Waals surface area (Å²) < 4.78 is 19.3. The topological polar surface area (TPSA) is 47.3 Å². The van der Waals surface area contributed by atoms with E-state index >= 15 is 0 Å². The van der Waals surface area contributed by atoms with E-state index in [0.29, 0.717) is 11.5 Å². The van der Waals surface area contributed by atoms with E-state index < -0.39 is 0 Å². The predicted molar refractivity (Wildman–Crippen MR) is 77.7 cm³/mol. The molecule has 1 atom stereocenters. The molecule has 0 bridgehead atoms. The number of nitrogens with one attached hydrogen (secondary N) is 1. The molecule has 1 heterocycles. The molecule has 1 saturated heterocycles. The third kappa shape index (κ3) is 3.61. The molecule has 1 aliphatic rings. The second-order valence-electron chi connectivity index (χ2n) is 4.87. The van der Waals surface area contributed by atoms with Crippen molar-refractivity contribution in [3.8, 4) is 5.75 Å². The monoisotopic (exact) mass is 284 g/mol. The van der Waals surface area contributed by atoms with Crippen LogP contribution in [0.1, 0.15) is 30.9 Å². The van der Waals surface area contributed by atoms with Gasteiger partial charge in [-0.15, -0.1) is 0 Å². The zero-order chi connectivity index (χ0) is 13.7. The number of benzene rings is 1. The van der Waals surface area contributed by atoms with Gasteiger partial charge in [0.25, 0.3) is 0 Å². The first-order valence-electron chi connectivity index (χ1n) is 6.62. The Morgan fingerprint density at radius 3 is 2.84 bits per heavy atom. The minimum absolute atomic E-state index is 0.150. The van der Waals surface area contributed by atoms with Crippen molar-refractivity contribution in [1.29, 1.82) is 0 Å². The Balaban J connectivity index is 2.12. The van der Waals surface area contributed by atoms with Crippen molar-refractivity contribution in [2.45, 2.75) is 25.3 Å². The van der Waals surface area contributed by atoms with Crippen LogP contribution >= 0.6 is 11.8 Å². The molecule has 5 heteroatoms. The summed E-state index contributed by atoms with van der Waals surface area (Å²) in [6, 6.07) is 5.06. The quantitative estimate of drug-likeness (QED) is 0.645. The summed E-state index contributed by atoms with van der Waals surface area (Å²) in [4.78, 5) is 0. The van der Waals surface area contributed by atoms with Crippen LogP contribution in [0.15, 0.2) is 18.2 Å². The number of thioether (sulfide) groups is 1. The number of ether oxygens (including phenoxy) is 1. The van der Waals surface area contributed by atoms with Crippen LogP contribution in [0.2, 0.25) is 0 Å². The maximum atomic E-state index is 14.2. The van der Waals surface area contributed by atoms with Crippen molar-refractivity contribution in [1.82, 2.24) is 5.43 Å². The molecule has 1 aliphatic heterocycles. The lowest BCUT2D eigenvalue weighted by atomic mass is 9.91. The zero-order valence-corrected chi connectivity index (χ0v) is 12.0. The number of halogens is 1. The number of hydrogen-bond acceptors (Lipinski definition) is 4. The fourth-order valence-corrected chi connectivity index (χ4v) is 3.76. The molecular formula is C14H21FN2OS. The van der Waals surface area contributed by atoms with E-state index in [2.05, 4.69) is 5.43 Å². The lowest BCUT2D eigenvalue weighted by Crippen LogP contribution is -2.31. The highest BCUT2D eigenvalue weighted by Crippen LogP contribution is 2.33. The molecular weight excluding hydrogens is 263 g/mol. The summed E-state index contributed by atoms with van der Waals surface area (Å²) in [5.74, 6) is 8.60. The molecule has 0 amide bonds. The Bertz CT molecular complexity index is 410. The standard InChI is InChI=1S/C14H21FN2OS/c1-18-13-4-2-3-11(14(13)15)12(17-16)9-10-5-7-19-8-6-10/h2-4,10,12,17H,5-9,16H2,1H3. The molecule has 2 rings (SSSR count). The normalized spacial score (nSPS) is 18.3. The molecule has 1 aromatic rings. The summed E-state index contributed by atoms with van der Waals surface area (Å²) in [7, 11) is 1.48. The van der Waals surface area contributed by atoms with Crippen molar-refractivity contribution in [2.75, 3.05) is 18.6 Å². The van der Waals surface area contributed by atoms with Gasteiger partial charge in [-0.2, -0.15) is 11.8 Å². The van der Waals surface area contributed by atoms with E-state index in [9.17, 15) is 4.39 Å². The summed E-state index contributed by atoms with van der Waals surface area (Å²) in [5.41, 5.74) is 3.35. The van der Waals surface area contributed by atoms with Crippen molar-refractivity contribution in [3.05, 3.63) is 29.6 Å². The second kappa shape index (κ2) is 7.12. The van der Waals surface area contributed by atoms with Crippen molar-refractivity contribution < 1.29 is 9.13 Å². The van der Waals surface area contributed by atoms with Gasteiger partial charge in [-0.25, -0.2) is 4.39 Å². The summed E-state index contributed by atoms with van der Waals surface area (Å²) in [6.45, 7) is 0. The number of rotatable bonds is 5. The molecule has 1 fully saturated rings. The first kappa shape index (κ1) is 14.6. The van der Waals surface area contributed by atoms with Crippen molar-refractivity contribution in [2.24, 2.45) is 11.8 Å². The second-order valence-corrected chi connectivity index (χ2v) is 6.10. The maximum Gasteiger partial charge on any atom is 0.169 e. The molecule has 0 spiro atoms. The lowest BCUT2D eigenvalue weighted by molar-refractivity contribution is 0.352. The average Bonchev–Trinajstić information content (AvgIpc) is 2.46. The van der Waals surface area contributed by atoms with E-state index in [1.54, 1.807) is 18.2 Å². The molecule has 0 saturated carbocycles. The third-order valence-electron chi connectivity index (χ3n) is 3.70. The van der Waals surface area contributed by atoms with Crippen LogP contribution in [0.4, 0.5) is 4.39 Å². The van der Waals surface area contributed by atoms with Crippen LogP contribution in [0.5, 0.6) is 5.75 Å². The highest BCUT2D eigenvalue weighted by Gasteiger charge is 2.22. The fourth-order valence-electron chi connectivity index (χ4n) is 2.55. The molecule has 3 N–H and O–H groups in total. The molecule has 0 aliphatic carbocycles. The highest BCUT2D eigenvalue weighted by molar-refractivity contribution is 7.99. The van der Waals surface area contributed by atoms with Gasteiger partial charge in [-0.1, -0.05) is 12.1 Å². The van der Waals surface area contributed by atoms with Crippen LogP contribution in [-0.4, -0.2) is 18.6 Å². The van der Waals surface area contributed by atoms with Gasteiger partial charge in [0.1, 0.15) is 0 Å². The molecule has 106 valence electrons. The largest absolute Gasteiger partial charge is 0.494 e. The maximum absolute atomic E-state index is 14.2. The summed E-state index contributed by atoms with van der Waals surface area (Å²) in [6.07, 6.45) is 3.25. The van der Waals surface area contributed by atoms with E-state index in [1.807, 2.05) is 11.8 Å². The molecule has 1 aromatic carbocycles. The number of nitrogens with two attached hydrogens (primary N) is 1. The number of methoxy groups -OCH3 is 1. The Morgan fingerprint density at radius 2 is 2.21 bits per heavy atom. The molecule has 19 heavy (non-hydrogen) atoms. The van der Waals surface area contributed by atoms with Crippen LogP contribution < -0.4 is 16.0 Å². The highest BCUT2D eigenvalue weighted by atomic mass is 32.2. The Labute approximate surface area is 118 Å². The van der Waals surface area contributed by atoms with E-state index in [-0.39, 0.29) is 17.6 Å². The summed E-state index contributed by atoms with van der Waals surface area (Å²) in [5, 5.41) is 0. The average molecular weight is 284 g/mol. The van der Waals surface area contributed by atoms with E-state index in [0.717, 1.165) is 6.42 Å².